The van der Waals surface area contributed by atoms with Crippen molar-refractivity contribution in [3.63, 3.8) is 0 Å². The first-order valence-corrected chi connectivity index (χ1v) is 13.2. The van der Waals surface area contributed by atoms with Crippen LogP contribution in [0.3, 0.4) is 0 Å². The molecule has 0 radical (unpaired) electrons. The fourth-order valence-corrected chi connectivity index (χ4v) is 5.14. The van der Waals surface area contributed by atoms with Gasteiger partial charge in [0, 0.05) is 34.8 Å². The fourth-order valence-electron chi connectivity index (χ4n) is 4.56. The summed E-state index contributed by atoms with van der Waals surface area (Å²) in [5, 5.41) is 11.6. The Morgan fingerprint density at radius 2 is 1.78 bits per heavy atom. The van der Waals surface area contributed by atoms with E-state index in [4.69, 9.17) is 16.6 Å². The molecule has 6 nitrogen and oxygen atoms in total. The van der Waals surface area contributed by atoms with Crippen molar-refractivity contribution in [1.29, 1.82) is 0 Å². The van der Waals surface area contributed by atoms with Gasteiger partial charge >= 0.3 is 0 Å². The lowest BCUT2D eigenvalue weighted by Gasteiger charge is -2.12. The summed E-state index contributed by atoms with van der Waals surface area (Å²) in [6.07, 6.45) is 2.63. The van der Waals surface area contributed by atoms with Crippen LogP contribution in [0.1, 0.15) is 23.5 Å². The van der Waals surface area contributed by atoms with Crippen molar-refractivity contribution < 1.29 is 4.79 Å². The molecular formula is C29H23BrClN5O. The van der Waals surface area contributed by atoms with Crippen LogP contribution in [0, 0.1) is 5.92 Å². The largest absolute Gasteiger partial charge is 0.366 e. The number of anilines is 2. The van der Waals surface area contributed by atoms with Crippen LogP contribution in [0.15, 0.2) is 95.6 Å². The average Bonchev–Trinajstić information content (AvgIpc) is 3.65. The minimum atomic E-state index is 0.0403. The zero-order valence-electron chi connectivity index (χ0n) is 19.7. The monoisotopic (exact) mass is 571 g/mol. The average molecular weight is 573 g/mol. The van der Waals surface area contributed by atoms with Crippen molar-refractivity contribution in [2.75, 3.05) is 10.6 Å². The smallest absolute Gasteiger partial charge is 0.228 e. The highest BCUT2D eigenvalue weighted by Crippen LogP contribution is 2.47. The van der Waals surface area contributed by atoms with E-state index in [2.05, 4.69) is 43.8 Å². The molecule has 6 rings (SSSR count). The summed E-state index contributed by atoms with van der Waals surface area (Å²) < 4.78 is 2.56. The number of halogens is 2. The summed E-state index contributed by atoms with van der Waals surface area (Å²) >= 11 is 9.98. The van der Waals surface area contributed by atoms with Gasteiger partial charge in [-0.15, -0.1) is 0 Å². The summed E-state index contributed by atoms with van der Waals surface area (Å²) in [7, 11) is 0. The molecule has 0 bridgehead atoms. The van der Waals surface area contributed by atoms with Gasteiger partial charge in [-0.1, -0.05) is 72.3 Å². The number of hydrogen-bond donors (Lipinski definition) is 2. The summed E-state index contributed by atoms with van der Waals surface area (Å²) in [6, 6.07) is 27.7. The van der Waals surface area contributed by atoms with Crippen molar-refractivity contribution >= 4 is 50.6 Å². The van der Waals surface area contributed by atoms with Crippen LogP contribution >= 0.6 is 27.5 Å². The van der Waals surface area contributed by atoms with Crippen molar-refractivity contribution in [2.24, 2.45) is 5.92 Å². The maximum absolute atomic E-state index is 12.7. The van der Waals surface area contributed by atoms with E-state index in [-0.39, 0.29) is 11.8 Å². The van der Waals surface area contributed by atoms with Gasteiger partial charge in [-0.05, 0) is 57.6 Å². The summed E-state index contributed by atoms with van der Waals surface area (Å²) in [5.41, 5.74) is 5.42. The number of amides is 1. The zero-order valence-corrected chi connectivity index (χ0v) is 22.1. The SMILES string of the molecule is O=C(Nc1ccc(CNc2cc(-c3ccccc3Cl)nc3c(Br)cnn23)cc1)[C@@H]1CC1c1ccccc1. The minimum Gasteiger partial charge on any atom is -0.366 e. The zero-order chi connectivity index (χ0) is 25.4. The molecule has 5 aromatic rings. The number of rotatable bonds is 7. The Morgan fingerprint density at radius 3 is 2.57 bits per heavy atom. The first kappa shape index (κ1) is 23.7. The van der Waals surface area contributed by atoms with Crippen LogP contribution in [0.4, 0.5) is 11.5 Å². The van der Waals surface area contributed by atoms with Gasteiger partial charge < -0.3 is 10.6 Å². The molecule has 1 fully saturated rings. The maximum atomic E-state index is 12.7. The first-order valence-electron chi connectivity index (χ1n) is 12.0. The van der Waals surface area contributed by atoms with Crippen LogP contribution in [-0.4, -0.2) is 20.5 Å². The topological polar surface area (TPSA) is 71.3 Å². The number of nitrogens with zero attached hydrogens (tertiary/aromatic N) is 3. The van der Waals surface area contributed by atoms with Crippen LogP contribution in [0.5, 0.6) is 0 Å². The lowest BCUT2D eigenvalue weighted by atomic mass is 10.1. The third-order valence-electron chi connectivity index (χ3n) is 6.63. The summed E-state index contributed by atoms with van der Waals surface area (Å²) in [5.74, 6) is 1.23. The molecule has 1 aliphatic rings. The third kappa shape index (κ3) is 4.97. The van der Waals surface area contributed by atoms with E-state index >= 15 is 0 Å². The van der Waals surface area contributed by atoms with Crippen LogP contribution < -0.4 is 10.6 Å². The van der Waals surface area contributed by atoms with E-state index in [0.717, 1.165) is 39.2 Å². The van der Waals surface area contributed by atoms with E-state index in [1.54, 1.807) is 10.7 Å². The highest BCUT2D eigenvalue weighted by molar-refractivity contribution is 9.10. The molecule has 3 aromatic carbocycles. The van der Waals surface area contributed by atoms with Gasteiger partial charge in [0.15, 0.2) is 5.65 Å². The fraction of sp³-hybridized carbons (Fsp3) is 0.138. The van der Waals surface area contributed by atoms with Gasteiger partial charge in [-0.25, -0.2) is 4.98 Å². The van der Waals surface area contributed by atoms with Gasteiger partial charge in [0.25, 0.3) is 0 Å². The Hall–Kier alpha value is -3.68. The number of fused-ring (bicyclic) bond motifs is 1. The van der Waals surface area contributed by atoms with Gasteiger partial charge in [-0.2, -0.15) is 9.61 Å². The van der Waals surface area contributed by atoms with Crippen molar-refractivity contribution in [1.82, 2.24) is 14.6 Å². The summed E-state index contributed by atoms with van der Waals surface area (Å²) in [4.78, 5) is 17.5. The molecule has 1 aliphatic carbocycles. The molecule has 8 heteroatoms. The molecule has 0 spiro atoms. The third-order valence-corrected chi connectivity index (χ3v) is 7.52. The minimum absolute atomic E-state index is 0.0403. The molecule has 2 aromatic heterocycles. The molecule has 37 heavy (non-hydrogen) atoms. The molecular weight excluding hydrogens is 550 g/mol. The number of carbonyl (C=O) groups excluding carboxylic acids is 1. The van der Waals surface area contributed by atoms with Crippen LogP contribution in [0.25, 0.3) is 16.9 Å². The Bertz CT molecular complexity index is 1590. The molecule has 2 N–H and O–H groups in total. The number of nitrogens with one attached hydrogen (secondary N) is 2. The number of aromatic nitrogens is 3. The molecule has 2 heterocycles. The standard InChI is InChI=1S/C29H23BrClN5O/c30-24-17-33-36-27(15-26(35-28(24)36)21-8-4-5-9-25(21)31)32-16-18-10-12-20(13-11-18)34-29(37)23-14-22(23)19-6-2-1-3-7-19/h1-13,15,17,22-23,32H,14,16H2,(H,34,37)/t22?,23-/m1/s1. The van der Waals surface area contributed by atoms with Gasteiger partial charge in [0.05, 0.1) is 16.4 Å². The molecule has 1 amide bonds. The molecule has 2 atom stereocenters. The number of carbonyl (C=O) groups is 1. The highest BCUT2D eigenvalue weighted by Gasteiger charge is 2.43. The molecule has 1 unspecified atom stereocenters. The van der Waals surface area contributed by atoms with Gasteiger partial charge in [0.1, 0.15) is 5.82 Å². The van der Waals surface area contributed by atoms with Crippen molar-refractivity contribution in [3.8, 4) is 11.3 Å². The second kappa shape index (κ2) is 10.00. The molecule has 184 valence electrons. The van der Waals surface area contributed by atoms with Crippen molar-refractivity contribution in [2.45, 2.75) is 18.9 Å². The predicted octanol–water partition coefficient (Wildman–Crippen LogP) is 7.17. The van der Waals surface area contributed by atoms with Crippen molar-refractivity contribution in [3.05, 3.63) is 112 Å². The second-order valence-corrected chi connectivity index (χ2v) is 10.4. The predicted molar refractivity (Wildman–Crippen MR) is 151 cm³/mol. The molecule has 0 aliphatic heterocycles. The van der Waals surface area contributed by atoms with E-state index in [9.17, 15) is 4.79 Å². The number of benzene rings is 3. The quantitative estimate of drug-likeness (QED) is 0.217. The first-order chi connectivity index (χ1) is 18.1. The second-order valence-electron chi connectivity index (χ2n) is 9.13. The highest BCUT2D eigenvalue weighted by atomic mass is 79.9. The Balaban J connectivity index is 1.14. The summed E-state index contributed by atoms with van der Waals surface area (Å²) in [6.45, 7) is 0.575. The maximum Gasteiger partial charge on any atom is 0.228 e. The number of hydrogen-bond acceptors (Lipinski definition) is 4. The van der Waals surface area contributed by atoms with Crippen LogP contribution in [0.2, 0.25) is 5.02 Å². The lowest BCUT2D eigenvalue weighted by Crippen LogP contribution is -2.14. The molecule has 0 saturated heterocycles. The van der Waals surface area contributed by atoms with E-state index in [1.807, 2.05) is 72.8 Å². The van der Waals surface area contributed by atoms with Gasteiger partial charge in [0.2, 0.25) is 5.91 Å². The Morgan fingerprint density at radius 1 is 1.03 bits per heavy atom. The van der Waals surface area contributed by atoms with E-state index < -0.39 is 0 Å². The Kier molecular flexibility index (Phi) is 6.40. The lowest BCUT2D eigenvalue weighted by molar-refractivity contribution is -0.117. The normalized spacial score (nSPS) is 16.5. The van der Waals surface area contributed by atoms with E-state index in [0.29, 0.717) is 23.1 Å². The van der Waals surface area contributed by atoms with Gasteiger partial charge in [-0.3, -0.25) is 4.79 Å². The van der Waals surface area contributed by atoms with E-state index in [1.165, 1.54) is 5.56 Å². The molecule has 1 saturated carbocycles. The van der Waals surface area contributed by atoms with Crippen LogP contribution in [-0.2, 0) is 11.3 Å². The Labute approximate surface area is 227 Å².